The summed E-state index contributed by atoms with van der Waals surface area (Å²) in [6, 6.07) is 5.27. The van der Waals surface area contributed by atoms with E-state index in [2.05, 4.69) is 47.5 Å². The van der Waals surface area contributed by atoms with E-state index in [1.54, 1.807) is 64.2 Å². The highest BCUT2D eigenvalue weighted by Crippen LogP contribution is 2.20. The van der Waals surface area contributed by atoms with Crippen molar-refractivity contribution in [3.63, 3.8) is 0 Å². The molecule has 1 aromatic heterocycles. The van der Waals surface area contributed by atoms with Gasteiger partial charge in [-0.05, 0) is 87.4 Å². The lowest BCUT2D eigenvalue weighted by Crippen LogP contribution is -2.61. The summed E-state index contributed by atoms with van der Waals surface area (Å²) in [6.45, 7) is 13.9. The normalized spacial score (nSPS) is 15.3. The lowest BCUT2D eigenvalue weighted by molar-refractivity contribution is -0.138. The number of carbonyl (C=O) groups excluding carboxylic acids is 9. The monoisotopic (exact) mass is 1060 g/mol. The van der Waals surface area contributed by atoms with Gasteiger partial charge in [0.1, 0.15) is 48.6 Å². The summed E-state index contributed by atoms with van der Waals surface area (Å²) in [5, 5.41) is 31.8. The molecule has 0 bridgehead atoms. The number of unbranched alkanes of at least 4 members (excludes halogenated alkanes) is 1. The van der Waals surface area contributed by atoms with Crippen molar-refractivity contribution in [2.75, 3.05) is 6.54 Å². The molecule has 10 atom stereocenters. The molecular weight excluding hydrogens is 979 g/mol. The number of nitrogens with one attached hydrogen (secondary N) is 9. The van der Waals surface area contributed by atoms with Crippen LogP contribution >= 0.6 is 0 Å². The van der Waals surface area contributed by atoms with Crippen molar-refractivity contribution in [3.05, 3.63) is 71.9 Å². The van der Waals surface area contributed by atoms with Gasteiger partial charge in [-0.3, -0.25) is 43.2 Å². The summed E-state index contributed by atoms with van der Waals surface area (Å²) in [6.07, 6.45) is 2.95. The van der Waals surface area contributed by atoms with Crippen LogP contribution in [0.1, 0.15) is 111 Å². The average Bonchev–Trinajstić information content (AvgIpc) is 3.79. The van der Waals surface area contributed by atoms with Crippen molar-refractivity contribution in [3.8, 4) is 0 Å². The van der Waals surface area contributed by atoms with Gasteiger partial charge in [-0.2, -0.15) is 0 Å². The van der Waals surface area contributed by atoms with Crippen molar-refractivity contribution in [1.29, 1.82) is 0 Å². The molecule has 0 unspecified atom stereocenters. The van der Waals surface area contributed by atoms with Gasteiger partial charge < -0.3 is 68.9 Å². The van der Waals surface area contributed by atoms with Crippen LogP contribution in [0.25, 0.3) is 10.9 Å². The van der Waals surface area contributed by atoms with E-state index in [-0.39, 0.29) is 43.9 Å². The minimum absolute atomic E-state index is 0.0261. The number of para-hydroxylation sites is 1. The third-order valence-corrected chi connectivity index (χ3v) is 13.0. The van der Waals surface area contributed by atoms with Crippen LogP contribution in [-0.4, -0.2) is 131 Å². The third-order valence-electron chi connectivity index (χ3n) is 13.0. The minimum atomic E-state index is -1.49. The number of rotatable bonds is 33. The number of carboxylic acid groups (broad SMARTS) is 1. The number of aromatic amines is 1. The zero-order valence-corrected chi connectivity index (χ0v) is 45.0. The first kappa shape index (κ1) is 63.1. The number of hydrogen-bond donors (Lipinski definition) is 12. The highest BCUT2D eigenvalue weighted by molar-refractivity contribution is 5.98. The van der Waals surface area contributed by atoms with E-state index in [1.807, 2.05) is 38.1 Å². The number of fused-ring (bicyclic) bond motifs is 1. The number of benzene rings is 2. The summed E-state index contributed by atoms with van der Waals surface area (Å²) in [4.78, 5) is 138. The minimum Gasteiger partial charge on any atom is -0.481 e. The van der Waals surface area contributed by atoms with Gasteiger partial charge >= 0.3 is 5.97 Å². The summed E-state index contributed by atoms with van der Waals surface area (Å²) >= 11 is 0. The highest BCUT2D eigenvalue weighted by Gasteiger charge is 2.36. The first-order valence-electron chi connectivity index (χ1n) is 26.1. The fraction of sp³-hybridized carbons (Fsp3) is 0.556. The average molecular weight is 1060 g/mol. The molecule has 0 saturated carbocycles. The van der Waals surface area contributed by atoms with Crippen LogP contribution in [0.2, 0.25) is 0 Å². The quantitative estimate of drug-likeness (QED) is 0.0301. The number of aromatic nitrogens is 1. The highest BCUT2D eigenvalue weighted by atomic mass is 16.4. The molecule has 1 heterocycles. The molecule has 0 saturated heterocycles. The summed E-state index contributed by atoms with van der Waals surface area (Å²) < 4.78 is 0. The van der Waals surface area contributed by atoms with Gasteiger partial charge in [0, 0.05) is 36.4 Å². The van der Waals surface area contributed by atoms with Gasteiger partial charge in [0.2, 0.25) is 47.3 Å². The van der Waals surface area contributed by atoms with Gasteiger partial charge in [0.05, 0.1) is 12.1 Å². The molecule has 0 aliphatic rings. The molecular formula is C54H81N11O11. The fourth-order valence-electron chi connectivity index (χ4n) is 8.15. The van der Waals surface area contributed by atoms with Crippen LogP contribution in [0.5, 0.6) is 0 Å². The Morgan fingerprint density at radius 2 is 1.14 bits per heavy atom. The molecule has 76 heavy (non-hydrogen) atoms. The first-order chi connectivity index (χ1) is 36.0. The lowest BCUT2D eigenvalue weighted by Gasteiger charge is -2.29. The Balaban J connectivity index is 1.91. The largest absolute Gasteiger partial charge is 0.481 e. The number of aldehydes is 1. The Kier molecular flexibility index (Phi) is 26.3. The Morgan fingerprint density at radius 3 is 1.74 bits per heavy atom. The molecule has 0 radical (unpaired) electrons. The van der Waals surface area contributed by atoms with E-state index in [1.165, 1.54) is 13.8 Å². The van der Waals surface area contributed by atoms with E-state index in [0.717, 1.165) is 10.9 Å². The molecule has 14 N–H and O–H groups in total. The van der Waals surface area contributed by atoms with Crippen LogP contribution in [0.4, 0.5) is 0 Å². The molecule has 8 amide bonds. The van der Waals surface area contributed by atoms with E-state index in [4.69, 9.17) is 11.5 Å². The molecule has 418 valence electrons. The smallest absolute Gasteiger partial charge is 0.303 e. The zero-order chi connectivity index (χ0) is 56.6. The summed E-state index contributed by atoms with van der Waals surface area (Å²) in [5.41, 5.74) is 13.5. The first-order valence-corrected chi connectivity index (χ1v) is 26.1. The van der Waals surface area contributed by atoms with Gasteiger partial charge in [0.25, 0.3) is 0 Å². The Bertz CT molecular complexity index is 2430. The number of H-pyrrole nitrogens is 1. The number of nitrogens with two attached hydrogens (primary N) is 2. The number of carbonyl (C=O) groups is 10. The Labute approximate surface area is 444 Å². The number of hydrogen-bond acceptors (Lipinski definition) is 12. The number of carboxylic acids is 1. The molecule has 22 heteroatoms. The van der Waals surface area contributed by atoms with Gasteiger partial charge in [-0.25, -0.2) is 0 Å². The van der Waals surface area contributed by atoms with Crippen LogP contribution in [-0.2, 0) is 60.8 Å². The second kappa shape index (κ2) is 31.6. The van der Waals surface area contributed by atoms with Crippen LogP contribution in [0, 0.1) is 17.8 Å². The molecule has 0 spiro atoms. The summed E-state index contributed by atoms with van der Waals surface area (Å²) in [7, 11) is 0. The molecule has 0 aliphatic heterocycles. The van der Waals surface area contributed by atoms with E-state index < -0.39 is 120 Å². The predicted octanol–water partition coefficient (Wildman–Crippen LogP) is 1.14. The van der Waals surface area contributed by atoms with Gasteiger partial charge in [-0.15, -0.1) is 0 Å². The molecule has 0 aliphatic carbocycles. The predicted molar refractivity (Wildman–Crippen MR) is 287 cm³/mol. The van der Waals surface area contributed by atoms with Crippen molar-refractivity contribution >= 4 is 70.4 Å². The number of amides is 8. The lowest BCUT2D eigenvalue weighted by atomic mass is 9.96. The van der Waals surface area contributed by atoms with E-state index in [0.29, 0.717) is 43.2 Å². The van der Waals surface area contributed by atoms with Gasteiger partial charge in [-0.1, -0.05) is 96.5 Å². The SMILES string of the molecule is CC[C@H](C)[C@H](NC(=O)[C@H](Cc1ccccc1)NC(=O)[C@H](CCC(=O)O)NC(=O)[C@H](CCCCN)NC(=O)[C@H](C)N)C(=O)N[C@@H](C)C(=O)N[C@@H](Cc1c[nH]c2ccccc12)C(=O)N[C@@H](CC(C)C)C(=O)N[C@H](C=O)C(C)C. The molecule has 3 aromatic rings. The standard InChI is InChI=1S/C54H81N11O11/c1-9-32(6)46(65-53(75)42(26-35-17-11-10-12-18-35)63-50(72)40(22-23-45(67)68)60-49(71)39(21-15-16-24-55)59-47(69)33(7)56)54(76)58-34(8)48(70)61-43(27-36-28-57-38-20-14-13-19-37(36)38)52(74)62-41(25-30(2)3)51(73)64-44(29-66)31(4)5/h10-14,17-20,28-34,39-44,46,57H,9,15-16,21-27,55-56H2,1-8H3,(H,58,76)(H,59,69)(H,60,71)(H,61,70)(H,62,74)(H,63,72)(H,64,73)(H,65,75)(H,67,68)/t32-,33-,34-,39-,40-,41-,42-,43-,44+,46-/m0/s1. The van der Waals surface area contributed by atoms with Crippen molar-refractivity contribution < 1.29 is 53.1 Å². The Hall–Kier alpha value is -7.20. The summed E-state index contributed by atoms with van der Waals surface area (Å²) in [5.74, 6) is -8.03. The topological polar surface area (TPSA) is 355 Å². The van der Waals surface area contributed by atoms with Crippen molar-refractivity contribution in [1.82, 2.24) is 47.5 Å². The third kappa shape index (κ3) is 20.5. The van der Waals surface area contributed by atoms with E-state index in [9.17, 15) is 53.1 Å². The van der Waals surface area contributed by atoms with Crippen molar-refractivity contribution in [2.45, 2.75) is 168 Å². The second-order valence-corrected chi connectivity index (χ2v) is 20.2. The second-order valence-electron chi connectivity index (χ2n) is 20.2. The molecule has 2 aromatic carbocycles. The van der Waals surface area contributed by atoms with Crippen LogP contribution < -0.4 is 54.0 Å². The number of aliphatic carboxylic acids is 1. The van der Waals surface area contributed by atoms with E-state index >= 15 is 0 Å². The van der Waals surface area contributed by atoms with Crippen LogP contribution in [0.15, 0.2) is 60.8 Å². The maximum absolute atomic E-state index is 14.4. The van der Waals surface area contributed by atoms with Crippen LogP contribution in [0.3, 0.4) is 0 Å². The fourth-order valence-corrected chi connectivity index (χ4v) is 8.15. The molecule has 0 fully saturated rings. The van der Waals surface area contributed by atoms with Gasteiger partial charge in [0.15, 0.2) is 0 Å². The molecule has 22 nitrogen and oxygen atoms in total. The molecule has 3 rings (SSSR count). The van der Waals surface area contributed by atoms with Crippen molar-refractivity contribution in [2.24, 2.45) is 29.2 Å². The maximum Gasteiger partial charge on any atom is 0.303 e. The Morgan fingerprint density at radius 1 is 0.605 bits per heavy atom. The zero-order valence-electron chi connectivity index (χ0n) is 45.0. The maximum atomic E-state index is 14.4.